The molecule has 5 rings (SSSR count). The van der Waals surface area contributed by atoms with Crippen LogP contribution in [0.1, 0.15) is 44.6 Å². The van der Waals surface area contributed by atoms with E-state index in [0.29, 0.717) is 17.7 Å². The van der Waals surface area contributed by atoms with Gasteiger partial charge in [-0.05, 0) is 101 Å². The Labute approximate surface area is 252 Å². The van der Waals surface area contributed by atoms with Gasteiger partial charge in [-0.25, -0.2) is 4.79 Å². The van der Waals surface area contributed by atoms with Gasteiger partial charge in [0.2, 0.25) is 0 Å². The van der Waals surface area contributed by atoms with Gasteiger partial charge in [0.25, 0.3) is 5.91 Å². The van der Waals surface area contributed by atoms with Gasteiger partial charge in [0.1, 0.15) is 6.04 Å². The zero-order valence-corrected chi connectivity index (χ0v) is 24.2. The summed E-state index contributed by atoms with van der Waals surface area (Å²) in [4.78, 5) is 25.2. The fraction of sp³-hybridized carbons (Fsp3) is 0.235. The molecule has 1 unspecified atom stereocenters. The van der Waals surface area contributed by atoms with Gasteiger partial charge in [0.15, 0.2) is 0 Å². The van der Waals surface area contributed by atoms with Crippen LogP contribution in [0.25, 0.3) is 22.3 Å². The van der Waals surface area contributed by atoms with Gasteiger partial charge in [-0.3, -0.25) is 4.79 Å². The largest absolute Gasteiger partial charge is 1.00 e. The van der Waals surface area contributed by atoms with Crippen molar-refractivity contribution in [2.45, 2.75) is 38.6 Å². The fourth-order valence-corrected chi connectivity index (χ4v) is 6.00. The second-order valence-electron chi connectivity index (χ2n) is 10.1. The average molecular weight is 543 g/mol. The summed E-state index contributed by atoms with van der Waals surface area (Å²) in [7, 11) is 0. The van der Waals surface area contributed by atoms with Crippen molar-refractivity contribution >= 4 is 23.6 Å². The molecular weight excluding hydrogens is 509 g/mol. The van der Waals surface area contributed by atoms with E-state index in [1.165, 1.54) is 27.8 Å². The number of aliphatic carboxylic acids is 1. The molecule has 4 aromatic carbocycles. The van der Waals surface area contributed by atoms with Crippen LogP contribution in [-0.2, 0) is 24.1 Å². The maximum absolute atomic E-state index is 13.4. The van der Waals surface area contributed by atoms with Crippen LogP contribution in [0.5, 0.6) is 0 Å². The molecule has 0 radical (unpaired) electrons. The summed E-state index contributed by atoms with van der Waals surface area (Å²) >= 11 is 1.57. The first-order chi connectivity index (χ1) is 19.0. The van der Waals surface area contributed by atoms with E-state index in [-0.39, 0.29) is 24.8 Å². The van der Waals surface area contributed by atoms with E-state index in [1.807, 2.05) is 49.6 Å². The Morgan fingerprint density at radius 2 is 1.60 bits per heavy atom. The molecule has 0 saturated carbocycles. The molecule has 1 aliphatic rings. The topological polar surface area (TPSA) is 66.4 Å². The van der Waals surface area contributed by atoms with E-state index in [9.17, 15) is 14.7 Å². The van der Waals surface area contributed by atoms with Gasteiger partial charge in [0, 0.05) is 5.56 Å². The molecule has 6 heteroatoms. The zero-order chi connectivity index (χ0) is 27.4. The van der Waals surface area contributed by atoms with Gasteiger partial charge in [-0.2, -0.15) is 11.8 Å². The number of carboxylic acids is 1. The molecular formula is C34H33LiNO3S+. The molecule has 0 aromatic heterocycles. The van der Waals surface area contributed by atoms with Crippen molar-refractivity contribution in [3.05, 3.63) is 118 Å². The monoisotopic (exact) mass is 542 g/mol. The van der Waals surface area contributed by atoms with Crippen molar-refractivity contribution in [1.82, 2.24) is 5.32 Å². The molecule has 2 N–H and O–H groups in total. The Balaban J connectivity index is 0.00000370. The van der Waals surface area contributed by atoms with E-state index in [0.717, 1.165) is 41.5 Å². The molecule has 1 amide bonds. The minimum atomic E-state index is -1.01. The van der Waals surface area contributed by atoms with E-state index < -0.39 is 12.0 Å². The number of rotatable bonds is 10. The number of nitrogens with one attached hydrogen (secondary N) is 1. The summed E-state index contributed by atoms with van der Waals surface area (Å²) in [5.41, 5.74) is 11.3. The first kappa shape index (κ1) is 29.7. The second-order valence-corrected chi connectivity index (χ2v) is 11.1. The number of hydrogen-bond acceptors (Lipinski definition) is 3. The van der Waals surface area contributed by atoms with Crippen LogP contribution in [0.4, 0.5) is 0 Å². The molecule has 0 fully saturated rings. The van der Waals surface area contributed by atoms with Gasteiger partial charge in [-0.1, -0.05) is 78.9 Å². The van der Waals surface area contributed by atoms with Gasteiger partial charge < -0.3 is 10.4 Å². The quantitative estimate of drug-likeness (QED) is 0.262. The Kier molecular flexibility index (Phi) is 9.98. The number of carbonyl (C=O) groups excluding carboxylic acids is 1. The maximum Gasteiger partial charge on any atom is 1.00 e. The number of hydrogen-bond donors (Lipinski definition) is 2. The molecule has 0 heterocycles. The number of amides is 1. The van der Waals surface area contributed by atoms with Crippen LogP contribution in [0.2, 0.25) is 0 Å². The third-order valence-corrected chi connectivity index (χ3v) is 8.21. The second kappa shape index (κ2) is 13.4. The summed E-state index contributed by atoms with van der Waals surface area (Å²) in [6, 6.07) is 28.3. The molecule has 4 aromatic rings. The minimum Gasteiger partial charge on any atom is -0.480 e. The summed E-state index contributed by atoms with van der Waals surface area (Å²) in [6.07, 6.45) is 5.02. The molecule has 40 heavy (non-hydrogen) atoms. The van der Waals surface area contributed by atoms with E-state index >= 15 is 0 Å². The summed E-state index contributed by atoms with van der Waals surface area (Å²) in [5, 5.41) is 12.4. The first-order valence-corrected chi connectivity index (χ1v) is 14.8. The maximum atomic E-state index is 13.4. The third-order valence-electron chi connectivity index (χ3n) is 7.57. The van der Waals surface area contributed by atoms with Gasteiger partial charge in [0.05, 0.1) is 0 Å². The van der Waals surface area contributed by atoms with Crippen LogP contribution < -0.4 is 24.2 Å². The molecule has 0 aliphatic heterocycles. The smallest absolute Gasteiger partial charge is 0.480 e. The average Bonchev–Trinajstić information content (AvgIpc) is 3.33. The van der Waals surface area contributed by atoms with E-state index in [4.69, 9.17) is 0 Å². The summed E-state index contributed by atoms with van der Waals surface area (Å²) in [6.45, 7) is 2.03. The minimum absolute atomic E-state index is 0. The van der Waals surface area contributed by atoms with Crippen LogP contribution >= 0.6 is 11.8 Å². The number of fused-ring (bicyclic) bond motifs is 3. The van der Waals surface area contributed by atoms with Gasteiger partial charge in [-0.15, -0.1) is 0 Å². The van der Waals surface area contributed by atoms with Crippen LogP contribution in [0.15, 0.2) is 84.9 Å². The van der Waals surface area contributed by atoms with Crippen LogP contribution in [-0.4, -0.2) is 35.0 Å². The number of aryl methyl sites for hydroxylation is 3. The molecule has 198 valence electrons. The molecule has 4 nitrogen and oxygen atoms in total. The van der Waals surface area contributed by atoms with Crippen molar-refractivity contribution in [2.24, 2.45) is 0 Å². The number of thioether (sulfide) groups is 1. The third kappa shape index (κ3) is 6.39. The predicted molar refractivity (Wildman–Crippen MR) is 161 cm³/mol. The number of carbonyl (C=O) groups is 2. The Hall–Kier alpha value is -3.23. The standard InChI is InChI=1S/C34H33NO3S.Li/c1-22-8-3-5-12-27(22)30-20-23(15-17-29(30)33(36)35-31(34(37)38)18-19-39-2)14-16-24-10-7-11-26-21-25-9-4-6-13-28(25)32(24)26;/h3-13,15,17,20,31H,14,16,18-19,21H2,1-2H3,(H,35,36)(H,37,38);/q;+1. The Morgan fingerprint density at radius 1 is 0.875 bits per heavy atom. The summed E-state index contributed by atoms with van der Waals surface area (Å²) in [5.74, 6) is -0.705. The zero-order valence-electron chi connectivity index (χ0n) is 23.4. The number of benzene rings is 4. The Bertz CT molecular complexity index is 1530. The molecule has 1 atom stereocenters. The van der Waals surface area contributed by atoms with Crippen molar-refractivity contribution in [3.63, 3.8) is 0 Å². The normalized spacial score (nSPS) is 12.2. The van der Waals surface area contributed by atoms with Crippen molar-refractivity contribution < 1.29 is 33.6 Å². The van der Waals surface area contributed by atoms with Crippen molar-refractivity contribution in [1.29, 1.82) is 0 Å². The van der Waals surface area contributed by atoms with Gasteiger partial charge >= 0.3 is 24.8 Å². The fourth-order valence-electron chi connectivity index (χ4n) is 5.53. The van der Waals surface area contributed by atoms with Crippen LogP contribution in [0.3, 0.4) is 0 Å². The molecule has 0 spiro atoms. The first-order valence-electron chi connectivity index (χ1n) is 13.4. The molecule has 0 saturated heterocycles. The van der Waals surface area contributed by atoms with Crippen molar-refractivity contribution in [2.75, 3.05) is 12.0 Å². The van der Waals surface area contributed by atoms with Crippen molar-refractivity contribution in [3.8, 4) is 22.3 Å². The SMILES string of the molecule is CSCCC(NC(=O)c1ccc(CCc2cccc3c2-c2ccccc2C3)cc1-c1ccccc1C)C(=O)O.[Li+]. The van der Waals surface area contributed by atoms with E-state index in [1.54, 1.807) is 11.8 Å². The molecule has 1 aliphatic carbocycles. The summed E-state index contributed by atoms with van der Waals surface area (Å²) < 4.78 is 0. The van der Waals surface area contributed by atoms with Crippen LogP contribution in [0, 0.1) is 6.92 Å². The number of carboxylic acid groups (broad SMARTS) is 1. The Morgan fingerprint density at radius 3 is 2.35 bits per heavy atom. The van der Waals surface area contributed by atoms with E-state index in [2.05, 4.69) is 53.8 Å². The molecule has 0 bridgehead atoms. The predicted octanol–water partition coefficient (Wildman–Crippen LogP) is 3.96.